The van der Waals surface area contributed by atoms with Gasteiger partial charge in [0.05, 0.1) is 12.3 Å². The fourth-order valence-corrected chi connectivity index (χ4v) is 8.91. The number of carboxylic acids is 1. The van der Waals surface area contributed by atoms with Crippen LogP contribution in [-0.2, 0) is 57.2 Å². The highest BCUT2D eigenvalue weighted by atomic mass is 16.6. The van der Waals surface area contributed by atoms with Crippen molar-refractivity contribution in [1.82, 2.24) is 5.32 Å². The van der Waals surface area contributed by atoms with E-state index in [0.29, 0.717) is 25.8 Å². The lowest BCUT2D eigenvalue weighted by Crippen LogP contribution is -2.64. The van der Waals surface area contributed by atoms with Crippen LogP contribution in [0.15, 0.2) is 22.8 Å². The number of carbonyl (C=O) groups excluding carboxylic acids is 6. The van der Waals surface area contributed by atoms with Gasteiger partial charge in [-0.15, -0.1) is 0 Å². The highest BCUT2D eigenvalue weighted by Gasteiger charge is 2.76. The molecule has 1 aliphatic heterocycles. The maximum absolute atomic E-state index is 13.6. The van der Waals surface area contributed by atoms with Crippen molar-refractivity contribution in [3.8, 4) is 0 Å². The Morgan fingerprint density at radius 3 is 1.94 bits per heavy atom. The highest BCUT2D eigenvalue weighted by molar-refractivity contribution is 5.88. The zero-order chi connectivity index (χ0) is 47.1. The first kappa shape index (κ1) is 53.0. The summed E-state index contributed by atoms with van der Waals surface area (Å²) in [5.41, 5.74) is -0.979. The van der Waals surface area contributed by atoms with E-state index in [9.17, 15) is 43.8 Å². The average Bonchev–Trinajstić information content (AvgIpc) is 3.54. The first-order chi connectivity index (χ1) is 29.7. The smallest absolute Gasteiger partial charge is 0.341 e. The van der Waals surface area contributed by atoms with Crippen molar-refractivity contribution < 1.29 is 72.6 Å². The normalized spacial score (nSPS) is 28.3. The molecule has 1 saturated carbocycles. The van der Waals surface area contributed by atoms with Gasteiger partial charge in [0.2, 0.25) is 5.91 Å². The summed E-state index contributed by atoms with van der Waals surface area (Å²) in [6.45, 7) is 11.1. The van der Waals surface area contributed by atoms with Crippen LogP contribution in [0, 0.1) is 5.92 Å². The van der Waals surface area contributed by atoms with Gasteiger partial charge >= 0.3 is 35.8 Å². The fourth-order valence-electron chi connectivity index (χ4n) is 8.91. The number of hydrogen-bond acceptors (Lipinski definition) is 15. The summed E-state index contributed by atoms with van der Waals surface area (Å²) in [7, 11) is 0. The number of amides is 1. The van der Waals surface area contributed by atoms with Gasteiger partial charge < -0.3 is 50.1 Å². The van der Waals surface area contributed by atoms with E-state index < -0.39 is 95.4 Å². The van der Waals surface area contributed by atoms with E-state index in [4.69, 9.17) is 34.5 Å². The van der Waals surface area contributed by atoms with E-state index >= 15 is 0 Å². The van der Waals surface area contributed by atoms with Gasteiger partial charge in [-0.05, 0) is 65.0 Å². The molecule has 0 unspecified atom stereocenters. The lowest BCUT2D eigenvalue weighted by molar-refractivity contribution is -0.212. The monoisotopic (exact) mass is 892 g/mol. The minimum Gasteiger partial charge on any atom is -0.480 e. The number of fused-ring (bicyclic) bond motifs is 3. The molecule has 0 aromatic rings. The van der Waals surface area contributed by atoms with Crippen molar-refractivity contribution in [2.45, 2.75) is 211 Å². The van der Waals surface area contributed by atoms with E-state index in [2.05, 4.69) is 12.2 Å². The van der Waals surface area contributed by atoms with E-state index in [1.54, 1.807) is 26.8 Å². The van der Waals surface area contributed by atoms with Crippen LogP contribution in [0.2, 0.25) is 0 Å². The topological polar surface area (TPSA) is 264 Å². The van der Waals surface area contributed by atoms with Crippen LogP contribution < -0.4 is 11.1 Å². The molecule has 9 atom stereocenters. The number of nitrogens with two attached hydrogens (primary N) is 1. The summed E-state index contributed by atoms with van der Waals surface area (Å²) >= 11 is 0. The molecule has 6 N–H and O–H groups in total. The Bertz CT molecular complexity index is 1710. The van der Waals surface area contributed by atoms with Crippen LogP contribution in [0.1, 0.15) is 164 Å². The minimum atomic E-state index is -2.63. The third-order valence-corrected chi connectivity index (χ3v) is 12.7. The molecule has 2 aliphatic carbocycles. The number of allylic oxidation sites excluding steroid dienone is 1. The number of unbranched alkanes of at least 4 members (excludes halogenated alkanes) is 12. The second kappa shape index (κ2) is 24.1. The summed E-state index contributed by atoms with van der Waals surface area (Å²) < 4.78 is 29.9. The number of aliphatic carboxylic acids is 1. The number of hydrogen-bond donors (Lipinski definition) is 5. The average molecular weight is 893 g/mol. The van der Waals surface area contributed by atoms with Gasteiger partial charge in [0.25, 0.3) is 0 Å². The van der Waals surface area contributed by atoms with E-state index in [1.807, 2.05) is 0 Å². The number of nitrogens with one attached hydrogen (secondary N) is 1. The maximum atomic E-state index is 13.6. The molecule has 0 radical (unpaired) electrons. The van der Waals surface area contributed by atoms with Gasteiger partial charge in [0.15, 0.2) is 29.5 Å². The number of ether oxygens (including phenoxy) is 5. The molecule has 1 amide bonds. The Morgan fingerprint density at radius 1 is 0.857 bits per heavy atom. The summed E-state index contributed by atoms with van der Waals surface area (Å²) in [5, 5.41) is 35.9. The Kier molecular flexibility index (Phi) is 20.3. The Morgan fingerprint density at radius 2 is 1.40 bits per heavy atom. The molecule has 2 fully saturated rings. The lowest BCUT2D eigenvalue weighted by atomic mass is 9.75. The molecule has 0 bridgehead atoms. The third-order valence-electron chi connectivity index (χ3n) is 12.7. The molecular formula is C46H72N2O15. The van der Waals surface area contributed by atoms with Crippen LogP contribution in [0.4, 0.5) is 0 Å². The van der Waals surface area contributed by atoms with Crippen molar-refractivity contribution in [3.05, 3.63) is 22.8 Å². The van der Waals surface area contributed by atoms with Crippen LogP contribution in [0.5, 0.6) is 0 Å². The summed E-state index contributed by atoms with van der Waals surface area (Å²) in [5.74, 6) is -6.78. The predicted octanol–water partition coefficient (Wildman–Crippen LogP) is 4.95. The molecule has 3 rings (SSSR count). The predicted molar refractivity (Wildman–Crippen MR) is 228 cm³/mol. The van der Waals surface area contributed by atoms with Gasteiger partial charge in [-0.25, -0.2) is 9.59 Å². The lowest BCUT2D eigenvalue weighted by Gasteiger charge is -2.41. The molecule has 17 heteroatoms. The zero-order valence-electron chi connectivity index (χ0n) is 38.3. The second-order valence-corrected chi connectivity index (χ2v) is 17.7. The molecule has 0 aromatic heterocycles. The standard InChI is InChI=1S/C46H72N2O15/c1-8-10-11-17-20-24-35(52)60-39-37-36(29(4)38(39)61-42(55)28(3)9-2)40-46(58,45(7,57)43(56)62-40)32(27-44(37,6)63-30(5)49)59-34(51)23-21-18-15-13-12-14-16-19-22-25-48-33(50)26-31(47)41(53)54/h9,31-32,37-40,57-58H,8,10-27,47H2,1-7H3,(H,48,50)(H,53,54)/b28-9-/t31-,32-,37+,38-,39-,40-,44-,45+,46+/m0/s1. The molecule has 17 nitrogen and oxygen atoms in total. The number of aliphatic hydroxyl groups is 2. The molecule has 1 saturated heterocycles. The first-order valence-electron chi connectivity index (χ1n) is 22.7. The SMILES string of the molecule is C/C=C(/C)C(=O)O[C@H]1C(C)=C2[C@H]([C@@H]1OC(=O)CCCCCCC)[C@@](C)(OC(C)=O)C[C@H](OC(=O)CCCCCCCCCCCNC(=O)C[C@H](N)C(=O)O)[C@@]1(O)[C@H]2OC(=O)[C@@]1(C)O. The van der Waals surface area contributed by atoms with Gasteiger partial charge in [-0.1, -0.05) is 83.6 Å². The van der Waals surface area contributed by atoms with Crippen LogP contribution in [-0.4, -0.2) is 111 Å². The molecule has 63 heavy (non-hydrogen) atoms. The molecule has 0 aromatic carbocycles. The highest BCUT2D eigenvalue weighted by Crippen LogP contribution is 2.57. The molecular weight excluding hydrogens is 821 g/mol. The third kappa shape index (κ3) is 13.6. The zero-order valence-corrected chi connectivity index (χ0v) is 38.3. The van der Waals surface area contributed by atoms with E-state index in [1.165, 1.54) is 13.8 Å². The number of carbonyl (C=O) groups is 7. The van der Waals surface area contributed by atoms with Crippen molar-refractivity contribution in [2.24, 2.45) is 11.7 Å². The first-order valence-corrected chi connectivity index (χ1v) is 22.7. The van der Waals surface area contributed by atoms with Gasteiger partial charge in [0.1, 0.15) is 17.7 Å². The molecule has 3 aliphatic rings. The maximum Gasteiger partial charge on any atom is 0.341 e. The Balaban J connectivity index is 1.76. The van der Waals surface area contributed by atoms with Crippen LogP contribution in [0.25, 0.3) is 0 Å². The molecule has 356 valence electrons. The molecule has 0 spiro atoms. The second-order valence-electron chi connectivity index (χ2n) is 17.7. The minimum absolute atomic E-state index is 0.0481. The van der Waals surface area contributed by atoms with Crippen molar-refractivity contribution in [2.75, 3.05) is 6.54 Å². The fraction of sp³-hybridized carbons (Fsp3) is 0.761. The number of rotatable bonds is 26. The number of carboxylic acid groups (broad SMARTS) is 1. The van der Waals surface area contributed by atoms with E-state index in [-0.39, 0.29) is 41.9 Å². The van der Waals surface area contributed by atoms with Crippen molar-refractivity contribution in [1.29, 1.82) is 0 Å². The number of esters is 5. The van der Waals surface area contributed by atoms with Crippen LogP contribution >= 0.6 is 0 Å². The van der Waals surface area contributed by atoms with Crippen LogP contribution in [0.3, 0.4) is 0 Å². The summed E-state index contributed by atoms with van der Waals surface area (Å²) in [6.07, 6.45) is 6.70. The Labute approximate surface area is 371 Å². The largest absolute Gasteiger partial charge is 0.480 e. The van der Waals surface area contributed by atoms with Gasteiger partial charge in [-0.3, -0.25) is 24.0 Å². The van der Waals surface area contributed by atoms with Gasteiger partial charge in [-0.2, -0.15) is 0 Å². The quantitative estimate of drug-likeness (QED) is 0.0253. The van der Waals surface area contributed by atoms with Crippen molar-refractivity contribution >= 4 is 41.7 Å². The van der Waals surface area contributed by atoms with Gasteiger partial charge in [0, 0.05) is 38.3 Å². The summed E-state index contributed by atoms with van der Waals surface area (Å²) in [6, 6.07) is -1.22. The Hall–Kier alpha value is -4.35. The summed E-state index contributed by atoms with van der Waals surface area (Å²) in [4.78, 5) is 89.3. The van der Waals surface area contributed by atoms with E-state index in [0.717, 1.165) is 77.6 Å². The van der Waals surface area contributed by atoms with Crippen molar-refractivity contribution in [3.63, 3.8) is 0 Å². The molecule has 1 heterocycles.